The topological polar surface area (TPSA) is 66.1 Å². The molecule has 0 radical (unpaired) electrons. The van der Waals surface area contributed by atoms with Crippen molar-refractivity contribution < 1.29 is 4.79 Å². The molecule has 5 heteroatoms. The van der Waals surface area contributed by atoms with Crippen molar-refractivity contribution in [1.29, 1.82) is 0 Å². The van der Waals surface area contributed by atoms with Crippen molar-refractivity contribution in [2.75, 3.05) is 4.90 Å². The van der Waals surface area contributed by atoms with Crippen LogP contribution in [-0.4, -0.2) is 15.9 Å². The Bertz CT molecular complexity index is 1310. The molecule has 5 rings (SSSR count). The van der Waals surface area contributed by atoms with Crippen LogP contribution in [0.15, 0.2) is 77.6 Å². The van der Waals surface area contributed by atoms with Gasteiger partial charge in [-0.25, -0.2) is 4.98 Å². The fraction of sp³-hybridized carbons (Fsp3) is 0.160. The van der Waals surface area contributed by atoms with Crippen LogP contribution in [0.4, 0.5) is 5.69 Å². The lowest BCUT2D eigenvalue weighted by molar-refractivity contribution is -0.119. The second-order valence-corrected chi connectivity index (χ2v) is 7.76. The number of hydrogen-bond acceptors (Lipinski definition) is 3. The number of rotatable bonds is 4. The summed E-state index contributed by atoms with van der Waals surface area (Å²) in [5.41, 5.74) is 4.58. The molecule has 0 spiro atoms. The average molecular weight is 395 g/mol. The van der Waals surface area contributed by atoms with Crippen LogP contribution in [-0.2, 0) is 17.8 Å². The number of para-hydroxylation sites is 1. The summed E-state index contributed by atoms with van der Waals surface area (Å²) >= 11 is 0. The van der Waals surface area contributed by atoms with E-state index >= 15 is 0 Å². The average Bonchev–Trinajstić information content (AvgIpc) is 3.00. The maximum atomic E-state index is 13.4. The normalized spacial score (nSPS) is 15.6. The van der Waals surface area contributed by atoms with E-state index < -0.39 is 0 Å². The van der Waals surface area contributed by atoms with Gasteiger partial charge in [0.15, 0.2) is 0 Å². The van der Waals surface area contributed by atoms with Crippen LogP contribution in [0.5, 0.6) is 0 Å². The fourth-order valence-corrected chi connectivity index (χ4v) is 4.19. The van der Waals surface area contributed by atoms with Crippen LogP contribution in [0, 0.1) is 6.92 Å². The van der Waals surface area contributed by atoms with Crippen LogP contribution < -0.4 is 10.5 Å². The molecule has 1 amide bonds. The van der Waals surface area contributed by atoms with Gasteiger partial charge in [0.25, 0.3) is 5.56 Å². The molecule has 1 N–H and O–H groups in total. The quantitative estimate of drug-likeness (QED) is 0.566. The van der Waals surface area contributed by atoms with E-state index in [1.807, 2.05) is 72.5 Å². The second kappa shape index (κ2) is 7.26. The second-order valence-electron chi connectivity index (χ2n) is 7.76. The van der Waals surface area contributed by atoms with Gasteiger partial charge in [0.2, 0.25) is 5.91 Å². The highest BCUT2D eigenvalue weighted by atomic mass is 16.2. The standard InChI is InChI=1S/C25H21N3O2/c1-16-11-12-22-19(13-16)20(25(30)28(22)15-17-7-3-2-4-8-17)14-23-26-21-10-6-5-9-18(21)24(29)27-23/h2-13,20H,14-15H2,1H3,(H,26,27,29)/t20-/m0/s1. The molecule has 2 heterocycles. The Morgan fingerprint density at radius 2 is 1.73 bits per heavy atom. The van der Waals surface area contributed by atoms with E-state index in [1.54, 1.807) is 6.07 Å². The van der Waals surface area contributed by atoms with Gasteiger partial charge in [0.1, 0.15) is 5.82 Å². The molecule has 30 heavy (non-hydrogen) atoms. The number of hydrogen-bond donors (Lipinski definition) is 1. The number of carbonyl (C=O) groups excluding carboxylic acids is 1. The van der Waals surface area contributed by atoms with E-state index in [1.165, 1.54) is 0 Å². The molecule has 3 aromatic carbocycles. The first kappa shape index (κ1) is 18.3. The highest BCUT2D eigenvalue weighted by molar-refractivity contribution is 6.05. The van der Waals surface area contributed by atoms with Crippen molar-refractivity contribution in [1.82, 2.24) is 9.97 Å². The highest BCUT2D eigenvalue weighted by Crippen LogP contribution is 2.40. The molecule has 1 aromatic heterocycles. The molecule has 0 bridgehead atoms. The Hall–Kier alpha value is -3.73. The van der Waals surface area contributed by atoms with Crippen molar-refractivity contribution in [2.45, 2.75) is 25.8 Å². The minimum atomic E-state index is -0.368. The molecule has 0 aliphatic carbocycles. The number of nitrogens with one attached hydrogen (secondary N) is 1. The zero-order valence-corrected chi connectivity index (χ0v) is 16.6. The first-order valence-electron chi connectivity index (χ1n) is 10.0. The van der Waals surface area contributed by atoms with Crippen LogP contribution >= 0.6 is 0 Å². The first-order valence-corrected chi connectivity index (χ1v) is 10.0. The van der Waals surface area contributed by atoms with Gasteiger partial charge in [0, 0.05) is 12.1 Å². The van der Waals surface area contributed by atoms with Crippen molar-refractivity contribution in [3.8, 4) is 0 Å². The smallest absolute Gasteiger partial charge is 0.258 e. The summed E-state index contributed by atoms with van der Waals surface area (Å²) in [5.74, 6) is 0.203. The van der Waals surface area contributed by atoms with Gasteiger partial charge in [-0.15, -0.1) is 0 Å². The SMILES string of the molecule is Cc1ccc2c(c1)[C@H](Cc1nc3ccccc3c(=O)[nH]1)C(=O)N2Cc1ccccc1. The molecule has 4 aromatic rings. The van der Waals surface area contributed by atoms with Gasteiger partial charge in [-0.05, 0) is 36.2 Å². The van der Waals surface area contributed by atoms with E-state index in [-0.39, 0.29) is 17.4 Å². The van der Waals surface area contributed by atoms with E-state index in [2.05, 4.69) is 16.0 Å². The van der Waals surface area contributed by atoms with E-state index in [9.17, 15) is 9.59 Å². The maximum absolute atomic E-state index is 13.4. The minimum absolute atomic E-state index is 0.0373. The Kier molecular flexibility index (Phi) is 4.43. The van der Waals surface area contributed by atoms with Gasteiger partial charge in [-0.2, -0.15) is 0 Å². The molecule has 0 unspecified atom stereocenters. The predicted molar refractivity (Wildman–Crippen MR) is 118 cm³/mol. The third-order valence-corrected chi connectivity index (χ3v) is 5.66. The lowest BCUT2D eigenvalue weighted by Gasteiger charge is -2.18. The maximum Gasteiger partial charge on any atom is 0.258 e. The van der Waals surface area contributed by atoms with E-state index in [0.717, 1.165) is 22.4 Å². The third-order valence-electron chi connectivity index (χ3n) is 5.66. The Morgan fingerprint density at radius 1 is 0.967 bits per heavy atom. The Labute approximate surface area is 174 Å². The number of anilines is 1. The van der Waals surface area contributed by atoms with E-state index in [4.69, 9.17) is 0 Å². The molecule has 0 fully saturated rings. The van der Waals surface area contributed by atoms with E-state index in [0.29, 0.717) is 29.7 Å². The van der Waals surface area contributed by atoms with Crippen molar-refractivity contribution >= 4 is 22.5 Å². The number of benzene rings is 3. The molecule has 5 nitrogen and oxygen atoms in total. The number of fused-ring (bicyclic) bond motifs is 2. The molecular weight excluding hydrogens is 374 g/mol. The van der Waals surface area contributed by atoms with Gasteiger partial charge in [0.05, 0.1) is 23.4 Å². The van der Waals surface area contributed by atoms with Crippen LogP contribution in [0.1, 0.15) is 28.4 Å². The number of carbonyl (C=O) groups is 1. The number of aromatic amines is 1. The largest absolute Gasteiger partial charge is 0.310 e. The molecule has 148 valence electrons. The van der Waals surface area contributed by atoms with Gasteiger partial charge >= 0.3 is 0 Å². The van der Waals surface area contributed by atoms with Gasteiger partial charge < -0.3 is 9.88 Å². The van der Waals surface area contributed by atoms with Gasteiger partial charge in [-0.1, -0.05) is 60.2 Å². The lowest BCUT2D eigenvalue weighted by atomic mass is 9.95. The van der Waals surface area contributed by atoms with Crippen LogP contribution in [0.3, 0.4) is 0 Å². The first-order chi connectivity index (χ1) is 14.6. The summed E-state index contributed by atoms with van der Waals surface area (Å²) < 4.78 is 0. The van der Waals surface area contributed by atoms with Crippen LogP contribution in [0.25, 0.3) is 10.9 Å². The molecule has 0 saturated carbocycles. The predicted octanol–water partition coefficient (Wildman–Crippen LogP) is 4.10. The number of nitrogens with zero attached hydrogens (tertiary/aromatic N) is 2. The van der Waals surface area contributed by atoms with Crippen LogP contribution in [0.2, 0.25) is 0 Å². The van der Waals surface area contributed by atoms with Gasteiger partial charge in [-0.3, -0.25) is 9.59 Å². The Morgan fingerprint density at radius 3 is 2.57 bits per heavy atom. The molecule has 1 aliphatic heterocycles. The summed E-state index contributed by atoms with van der Waals surface area (Å²) in [7, 11) is 0. The summed E-state index contributed by atoms with van der Waals surface area (Å²) in [6.45, 7) is 2.55. The number of H-pyrrole nitrogens is 1. The van der Waals surface area contributed by atoms with Crippen molar-refractivity contribution in [3.05, 3.63) is 106 Å². The van der Waals surface area contributed by atoms with Crippen molar-refractivity contribution in [2.24, 2.45) is 0 Å². The minimum Gasteiger partial charge on any atom is -0.310 e. The Balaban J connectivity index is 1.53. The third kappa shape index (κ3) is 3.18. The number of amides is 1. The van der Waals surface area contributed by atoms with Crippen molar-refractivity contribution in [3.63, 3.8) is 0 Å². The molecule has 1 aliphatic rings. The number of aryl methyl sites for hydroxylation is 1. The highest BCUT2D eigenvalue weighted by Gasteiger charge is 2.37. The zero-order chi connectivity index (χ0) is 20.7. The molecule has 0 saturated heterocycles. The summed E-state index contributed by atoms with van der Waals surface area (Å²) in [5, 5.41) is 0.556. The lowest BCUT2D eigenvalue weighted by Crippen LogP contribution is -2.29. The zero-order valence-electron chi connectivity index (χ0n) is 16.6. The molecular formula is C25H21N3O2. The summed E-state index contributed by atoms with van der Waals surface area (Å²) in [4.78, 5) is 35.2. The fourth-order valence-electron chi connectivity index (χ4n) is 4.19. The summed E-state index contributed by atoms with van der Waals surface area (Å²) in [6.07, 6.45) is 0.362. The number of aromatic nitrogens is 2. The monoisotopic (exact) mass is 395 g/mol. The summed E-state index contributed by atoms with van der Waals surface area (Å²) in [6, 6.07) is 23.4. The molecule has 1 atom stereocenters.